The van der Waals surface area contributed by atoms with Crippen molar-refractivity contribution >= 4 is 22.4 Å². The van der Waals surface area contributed by atoms with Gasteiger partial charge in [-0.3, -0.25) is 9.78 Å². The van der Waals surface area contributed by atoms with Gasteiger partial charge in [-0.2, -0.15) is 0 Å². The number of carbonyl (C=O) groups excluding carboxylic acids is 1. The van der Waals surface area contributed by atoms with Gasteiger partial charge in [-0.15, -0.1) is 11.3 Å². The topological polar surface area (TPSA) is 54.9 Å². The molecule has 16 heavy (non-hydrogen) atoms. The smallest absolute Gasteiger partial charge is 0.223 e. The van der Waals surface area contributed by atoms with Crippen molar-refractivity contribution in [3.05, 3.63) is 29.3 Å². The molecule has 0 atom stereocenters. The first-order valence-corrected chi connectivity index (χ1v) is 5.70. The Hall–Kier alpha value is -1.75. The van der Waals surface area contributed by atoms with Crippen molar-refractivity contribution in [3.8, 4) is 11.4 Å². The van der Waals surface area contributed by atoms with Gasteiger partial charge in [0.05, 0.1) is 5.69 Å². The Morgan fingerprint density at radius 2 is 2.31 bits per heavy atom. The Morgan fingerprint density at radius 3 is 3.00 bits per heavy atom. The number of thiazole rings is 1. The Bertz CT molecular complexity index is 521. The highest BCUT2D eigenvalue weighted by molar-refractivity contribution is 7.14. The molecule has 0 spiro atoms. The maximum Gasteiger partial charge on any atom is 0.223 e. The van der Waals surface area contributed by atoms with Crippen LogP contribution in [0.25, 0.3) is 11.4 Å². The molecule has 0 fully saturated rings. The zero-order chi connectivity index (χ0) is 11.5. The number of nitrogens with one attached hydrogen (secondary N) is 1. The number of nitrogens with zero attached hydrogens (tertiary/aromatic N) is 2. The van der Waals surface area contributed by atoms with Crippen LogP contribution >= 0.6 is 11.3 Å². The van der Waals surface area contributed by atoms with Crippen LogP contribution < -0.4 is 5.32 Å². The highest BCUT2D eigenvalue weighted by Gasteiger charge is 2.08. The summed E-state index contributed by atoms with van der Waals surface area (Å²) in [7, 11) is 0. The van der Waals surface area contributed by atoms with Gasteiger partial charge in [0.25, 0.3) is 0 Å². The minimum atomic E-state index is -0.112. The standard InChI is InChI=1S/C11H11N3OS/c1-7-4-3-5-12-10(7)9-6-16-11(14-9)13-8(2)15/h3-6H,1-2H3,(H,13,14,15). The number of aryl methyl sites for hydroxylation is 1. The van der Waals surface area contributed by atoms with E-state index in [0.29, 0.717) is 5.13 Å². The number of rotatable bonds is 2. The van der Waals surface area contributed by atoms with Crippen LogP contribution in [-0.2, 0) is 4.79 Å². The Balaban J connectivity index is 2.32. The third-order valence-electron chi connectivity index (χ3n) is 2.04. The lowest BCUT2D eigenvalue weighted by Crippen LogP contribution is -2.05. The molecule has 0 radical (unpaired) electrons. The van der Waals surface area contributed by atoms with Crippen LogP contribution in [0.15, 0.2) is 23.7 Å². The van der Waals surface area contributed by atoms with Crippen molar-refractivity contribution in [2.24, 2.45) is 0 Å². The second kappa shape index (κ2) is 4.40. The molecule has 0 bridgehead atoms. The molecule has 0 aliphatic rings. The van der Waals surface area contributed by atoms with Gasteiger partial charge in [0.2, 0.25) is 5.91 Å². The van der Waals surface area contributed by atoms with E-state index in [9.17, 15) is 4.79 Å². The molecule has 0 aliphatic carbocycles. The van der Waals surface area contributed by atoms with Crippen molar-refractivity contribution in [3.63, 3.8) is 0 Å². The predicted octanol–water partition coefficient (Wildman–Crippen LogP) is 2.47. The zero-order valence-electron chi connectivity index (χ0n) is 9.02. The van der Waals surface area contributed by atoms with Crippen LogP contribution in [0.5, 0.6) is 0 Å². The van der Waals surface area contributed by atoms with Gasteiger partial charge in [-0.25, -0.2) is 4.98 Å². The fourth-order valence-corrected chi connectivity index (χ4v) is 2.09. The van der Waals surface area contributed by atoms with Crippen molar-refractivity contribution in [2.45, 2.75) is 13.8 Å². The highest BCUT2D eigenvalue weighted by atomic mass is 32.1. The minimum absolute atomic E-state index is 0.112. The van der Waals surface area contributed by atoms with Crippen LogP contribution in [0.4, 0.5) is 5.13 Å². The SMILES string of the molecule is CC(=O)Nc1nc(-c2ncccc2C)cs1. The summed E-state index contributed by atoms with van der Waals surface area (Å²) in [4.78, 5) is 19.4. The zero-order valence-corrected chi connectivity index (χ0v) is 9.84. The molecule has 4 nitrogen and oxygen atoms in total. The van der Waals surface area contributed by atoms with Gasteiger partial charge in [-0.05, 0) is 18.6 Å². The van der Waals surface area contributed by atoms with Gasteiger partial charge < -0.3 is 5.32 Å². The van der Waals surface area contributed by atoms with E-state index >= 15 is 0 Å². The second-order valence-electron chi connectivity index (χ2n) is 3.39. The summed E-state index contributed by atoms with van der Waals surface area (Å²) in [6.45, 7) is 3.45. The van der Waals surface area contributed by atoms with E-state index < -0.39 is 0 Å². The lowest BCUT2D eigenvalue weighted by Gasteiger charge is -1.99. The largest absolute Gasteiger partial charge is 0.302 e. The summed E-state index contributed by atoms with van der Waals surface area (Å²) in [5.41, 5.74) is 2.73. The summed E-state index contributed by atoms with van der Waals surface area (Å²) >= 11 is 1.40. The molecule has 82 valence electrons. The molecule has 0 saturated carbocycles. The van der Waals surface area contributed by atoms with E-state index in [0.717, 1.165) is 17.0 Å². The van der Waals surface area contributed by atoms with Crippen LogP contribution in [0.1, 0.15) is 12.5 Å². The van der Waals surface area contributed by atoms with E-state index in [1.165, 1.54) is 18.3 Å². The lowest BCUT2D eigenvalue weighted by atomic mass is 10.2. The normalized spacial score (nSPS) is 10.1. The minimum Gasteiger partial charge on any atom is -0.302 e. The molecule has 2 aromatic rings. The first-order valence-electron chi connectivity index (χ1n) is 4.82. The van der Waals surface area contributed by atoms with Crippen LogP contribution in [-0.4, -0.2) is 15.9 Å². The number of aromatic nitrogens is 2. The number of carbonyl (C=O) groups is 1. The molecule has 1 amide bonds. The van der Waals surface area contributed by atoms with E-state index in [-0.39, 0.29) is 5.91 Å². The second-order valence-corrected chi connectivity index (χ2v) is 4.25. The number of amides is 1. The molecule has 0 saturated heterocycles. The Kier molecular flexibility index (Phi) is 2.96. The molecule has 1 N–H and O–H groups in total. The van der Waals surface area contributed by atoms with Crippen LogP contribution in [0.3, 0.4) is 0 Å². The fourth-order valence-electron chi connectivity index (χ4n) is 1.34. The average Bonchev–Trinajstić information content (AvgIpc) is 2.66. The molecular formula is C11H11N3OS. The van der Waals surface area contributed by atoms with E-state index in [1.807, 2.05) is 24.4 Å². The van der Waals surface area contributed by atoms with E-state index in [4.69, 9.17) is 0 Å². The van der Waals surface area contributed by atoms with Gasteiger partial charge in [-0.1, -0.05) is 6.07 Å². The monoisotopic (exact) mass is 233 g/mol. The molecule has 0 aromatic carbocycles. The summed E-state index contributed by atoms with van der Waals surface area (Å²) < 4.78 is 0. The van der Waals surface area contributed by atoms with Gasteiger partial charge in [0, 0.05) is 18.5 Å². The summed E-state index contributed by atoms with van der Waals surface area (Å²) in [5, 5.41) is 5.15. The van der Waals surface area contributed by atoms with Gasteiger partial charge >= 0.3 is 0 Å². The first-order chi connectivity index (χ1) is 7.66. The third kappa shape index (κ3) is 2.25. The number of anilines is 1. The predicted molar refractivity (Wildman–Crippen MR) is 64.4 cm³/mol. The molecule has 2 aromatic heterocycles. The van der Waals surface area contributed by atoms with Crippen molar-refractivity contribution in [1.29, 1.82) is 0 Å². The van der Waals surface area contributed by atoms with Crippen molar-refractivity contribution < 1.29 is 4.79 Å². The summed E-state index contributed by atoms with van der Waals surface area (Å²) in [5.74, 6) is -0.112. The Morgan fingerprint density at radius 1 is 1.50 bits per heavy atom. The Labute approximate surface area is 97.4 Å². The molecule has 0 aliphatic heterocycles. The van der Waals surface area contributed by atoms with E-state index in [1.54, 1.807) is 6.20 Å². The first kappa shape index (κ1) is 10.8. The number of hydrogen-bond donors (Lipinski definition) is 1. The number of pyridine rings is 1. The number of hydrogen-bond acceptors (Lipinski definition) is 4. The van der Waals surface area contributed by atoms with E-state index in [2.05, 4.69) is 15.3 Å². The summed E-state index contributed by atoms with van der Waals surface area (Å²) in [6, 6.07) is 3.87. The van der Waals surface area contributed by atoms with Crippen molar-refractivity contribution in [2.75, 3.05) is 5.32 Å². The molecule has 2 rings (SSSR count). The van der Waals surface area contributed by atoms with Gasteiger partial charge in [0.15, 0.2) is 5.13 Å². The molecular weight excluding hydrogens is 222 g/mol. The summed E-state index contributed by atoms with van der Waals surface area (Å²) in [6.07, 6.45) is 1.74. The quantitative estimate of drug-likeness (QED) is 0.867. The third-order valence-corrected chi connectivity index (χ3v) is 2.80. The molecule has 2 heterocycles. The van der Waals surface area contributed by atoms with Crippen LogP contribution in [0.2, 0.25) is 0 Å². The maximum atomic E-state index is 10.9. The van der Waals surface area contributed by atoms with Crippen molar-refractivity contribution in [1.82, 2.24) is 9.97 Å². The van der Waals surface area contributed by atoms with Gasteiger partial charge in [0.1, 0.15) is 5.69 Å². The molecule has 0 unspecified atom stereocenters. The molecule has 5 heteroatoms. The van der Waals surface area contributed by atoms with Crippen LogP contribution in [0, 0.1) is 6.92 Å². The highest BCUT2D eigenvalue weighted by Crippen LogP contribution is 2.25. The fraction of sp³-hybridized carbons (Fsp3) is 0.182. The average molecular weight is 233 g/mol. The maximum absolute atomic E-state index is 10.9. The lowest BCUT2D eigenvalue weighted by molar-refractivity contribution is -0.114.